The first-order valence-corrected chi connectivity index (χ1v) is 5.90. The molecular weight excluding hydrogens is 176 g/mol. The second kappa shape index (κ2) is 11.0. The molecule has 0 aromatic rings. The number of methoxy groups -OCH3 is 2. The molecule has 0 atom stereocenters. The smallest absolute Gasteiger partial charge is 0.156 e. The van der Waals surface area contributed by atoms with Gasteiger partial charge in [0.1, 0.15) is 0 Å². The van der Waals surface area contributed by atoms with Gasteiger partial charge in [-0.15, -0.1) is 0 Å². The Morgan fingerprint density at radius 2 is 1.29 bits per heavy atom. The predicted octanol–water partition coefficient (Wildman–Crippen LogP) is 3.75. The maximum Gasteiger partial charge on any atom is 0.156 e. The molecule has 0 N–H and O–H groups in total. The van der Waals surface area contributed by atoms with Crippen molar-refractivity contribution in [1.82, 2.24) is 0 Å². The maximum absolute atomic E-state index is 5.12. The molecule has 0 spiro atoms. The van der Waals surface area contributed by atoms with Gasteiger partial charge in [0.15, 0.2) is 6.29 Å². The summed E-state index contributed by atoms with van der Waals surface area (Å²) < 4.78 is 10.2. The van der Waals surface area contributed by atoms with Gasteiger partial charge in [0.25, 0.3) is 0 Å². The van der Waals surface area contributed by atoms with Crippen molar-refractivity contribution in [2.45, 2.75) is 64.6 Å². The molecule has 14 heavy (non-hydrogen) atoms. The molecule has 0 aliphatic heterocycles. The summed E-state index contributed by atoms with van der Waals surface area (Å²) in [4.78, 5) is 0. The average molecular weight is 202 g/mol. The Kier molecular flexibility index (Phi) is 10.9. The highest BCUT2D eigenvalue weighted by molar-refractivity contribution is 4.48. The molecule has 0 aromatic heterocycles. The van der Waals surface area contributed by atoms with E-state index in [0.717, 1.165) is 6.42 Å². The molecule has 0 aliphatic rings. The average Bonchev–Trinajstić information content (AvgIpc) is 2.22. The van der Waals surface area contributed by atoms with Crippen molar-refractivity contribution in [3.63, 3.8) is 0 Å². The van der Waals surface area contributed by atoms with Gasteiger partial charge in [-0.2, -0.15) is 0 Å². The molecule has 0 amide bonds. The first-order valence-electron chi connectivity index (χ1n) is 5.90. The van der Waals surface area contributed by atoms with E-state index in [-0.39, 0.29) is 6.29 Å². The highest BCUT2D eigenvalue weighted by Gasteiger charge is 2.03. The molecule has 0 fully saturated rings. The third kappa shape index (κ3) is 8.52. The molecule has 0 radical (unpaired) electrons. The van der Waals surface area contributed by atoms with E-state index in [9.17, 15) is 0 Å². The van der Waals surface area contributed by atoms with Gasteiger partial charge in [-0.1, -0.05) is 45.4 Å². The van der Waals surface area contributed by atoms with Crippen LogP contribution in [0.25, 0.3) is 0 Å². The van der Waals surface area contributed by atoms with E-state index in [1.807, 2.05) is 0 Å². The highest BCUT2D eigenvalue weighted by atomic mass is 16.7. The standard InChI is InChI=1S/C12H26O2/c1-4-5-6-7-8-9-10-11-12(13-2)14-3/h12H,4-11H2,1-3H3. The number of hydrogen-bond acceptors (Lipinski definition) is 2. The van der Waals surface area contributed by atoms with Crippen molar-refractivity contribution in [3.8, 4) is 0 Å². The number of unbranched alkanes of at least 4 members (excludes halogenated alkanes) is 6. The van der Waals surface area contributed by atoms with E-state index < -0.39 is 0 Å². The largest absolute Gasteiger partial charge is 0.356 e. The van der Waals surface area contributed by atoms with Gasteiger partial charge in [0, 0.05) is 14.2 Å². The van der Waals surface area contributed by atoms with Crippen LogP contribution in [0.1, 0.15) is 58.3 Å². The third-order valence-electron chi connectivity index (χ3n) is 2.57. The SMILES string of the molecule is CCCCCCCCCC(OC)OC. The molecule has 0 bridgehead atoms. The van der Waals surface area contributed by atoms with E-state index in [1.165, 1.54) is 44.9 Å². The van der Waals surface area contributed by atoms with E-state index in [0.29, 0.717) is 0 Å². The first-order chi connectivity index (χ1) is 6.85. The van der Waals surface area contributed by atoms with Crippen LogP contribution in [0.2, 0.25) is 0 Å². The maximum atomic E-state index is 5.12. The van der Waals surface area contributed by atoms with Crippen LogP contribution in [0.4, 0.5) is 0 Å². The van der Waals surface area contributed by atoms with Gasteiger partial charge in [0.2, 0.25) is 0 Å². The van der Waals surface area contributed by atoms with Gasteiger partial charge in [0.05, 0.1) is 0 Å². The summed E-state index contributed by atoms with van der Waals surface area (Å²) in [5.41, 5.74) is 0. The fourth-order valence-corrected chi connectivity index (χ4v) is 1.60. The first kappa shape index (κ1) is 13.9. The van der Waals surface area contributed by atoms with E-state index >= 15 is 0 Å². The zero-order valence-corrected chi connectivity index (χ0v) is 10.1. The molecule has 0 rings (SSSR count). The zero-order valence-electron chi connectivity index (χ0n) is 10.1. The molecule has 86 valence electrons. The van der Waals surface area contributed by atoms with Crippen LogP contribution in [-0.2, 0) is 9.47 Å². The fourth-order valence-electron chi connectivity index (χ4n) is 1.60. The summed E-state index contributed by atoms with van der Waals surface area (Å²) in [7, 11) is 3.41. The van der Waals surface area contributed by atoms with E-state index in [2.05, 4.69) is 6.92 Å². The third-order valence-corrected chi connectivity index (χ3v) is 2.57. The lowest BCUT2D eigenvalue weighted by molar-refractivity contribution is -0.107. The second-order valence-electron chi connectivity index (χ2n) is 3.81. The molecule has 0 aromatic carbocycles. The Morgan fingerprint density at radius 3 is 1.79 bits per heavy atom. The van der Waals surface area contributed by atoms with Crippen LogP contribution in [0, 0.1) is 0 Å². The van der Waals surface area contributed by atoms with Crippen LogP contribution in [0.5, 0.6) is 0 Å². The van der Waals surface area contributed by atoms with Crippen LogP contribution in [0.3, 0.4) is 0 Å². The summed E-state index contributed by atoms with van der Waals surface area (Å²) >= 11 is 0. The quantitative estimate of drug-likeness (QED) is 0.397. The normalized spacial score (nSPS) is 11.1. The van der Waals surface area contributed by atoms with Crippen LogP contribution >= 0.6 is 0 Å². The minimum absolute atomic E-state index is 0.00522. The molecule has 0 heterocycles. The number of ether oxygens (including phenoxy) is 2. The van der Waals surface area contributed by atoms with Crippen molar-refractivity contribution in [2.75, 3.05) is 14.2 Å². The lowest BCUT2D eigenvalue weighted by Gasteiger charge is -2.12. The van der Waals surface area contributed by atoms with Gasteiger partial charge in [-0.3, -0.25) is 0 Å². The molecular formula is C12H26O2. The van der Waals surface area contributed by atoms with Crippen molar-refractivity contribution in [2.24, 2.45) is 0 Å². The predicted molar refractivity (Wildman–Crippen MR) is 60.4 cm³/mol. The summed E-state index contributed by atoms with van der Waals surface area (Å²) in [5.74, 6) is 0. The minimum atomic E-state index is 0.00522. The van der Waals surface area contributed by atoms with Crippen LogP contribution in [0.15, 0.2) is 0 Å². The zero-order chi connectivity index (χ0) is 10.6. The number of rotatable bonds is 10. The molecule has 2 heteroatoms. The van der Waals surface area contributed by atoms with Crippen LogP contribution in [-0.4, -0.2) is 20.5 Å². The van der Waals surface area contributed by atoms with Crippen molar-refractivity contribution in [1.29, 1.82) is 0 Å². The monoisotopic (exact) mass is 202 g/mol. The van der Waals surface area contributed by atoms with Gasteiger partial charge in [-0.05, 0) is 12.8 Å². The summed E-state index contributed by atoms with van der Waals surface area (Å²) in [6.45, 7) is 2.25. The Labute approximate surface area is 89.0 Å². The Hall–Kier alpha value is -0.0800. The minimum Gasteiger partial charge on any atom is -0.356 e. The lowest BCUT2D eigenvalue weighted by Crippen LogP contribution is -2.12. The Morgan fingerprint density at radius 1 is 0.786 bits per heavy atom. The van der Waals surface area contributed by atoms with Crippen molar-refractivity contribution < 1.29 is 9.47 Å². The van der Waals surface area contributed by atoms with Crippen LogP contribution < -0.4 is 0 Å². The summed E-state index contributed by atoms with van der Waals surface area (Å²) in [6.07, 6.45) is 10.4. The molecule has 0 unspecified atom stereocenters. The molecule has 2 nitrogen and oxygen atoms in total. The number of hydrogen-bond donors (Lipinski definition) is 0. The van der Waals surface area contributed by atoms with E-state index in [4.69, 9.17) is 9.47 Å². The molecule has 0 saturated heterocycles. The van der Waals surface area contributed by atoms with Gasteiger partial charge < -0.3 is 9.47 Å². The highest BCUT2D eigenvalue weighted by Crippen LogP contribution is 2.10. The summed E-state index contributed by atoms with van der Waals surface area (Å²) in [6, 6.07) is 0. The Balaban J connectivity index is 3.04. The second-order valence-corrected chi connectivity index (χ2v) is 3.81. The Bertz CT molecular complexity index is 100. The topological polar surface area (TPSA) is 18.5 Å². The van der Waals surface area contributed by atoms with Crippen molar-refractivity contribution >= 4 is 0 Å². The summed E-state index contributed by atoms with van der Waals surface area (Å²) in [5, 5.41) is 0. The van der Waals surface area contributed by atoms with Gasteiger partial charge >= 0.3 is 0 Å². The molecule has 0 saturated carbocycles. The fraction of sp³-hybridized carbons (Fsp3) is 1.00. The lowest BCUT2D eigenvalue weighted by atomic mass is 10.1. The molecule has 0 aliphatic carbocycles. The van der Waals surface area contributed by atoms with Crippen molar-refractivity contribution in [3.05, 3.63) is 0 Å². The van der Waals surface area contributed by atoms with Gasteiger partial charge in [-0.25, -0.2) is 0 Å². The van der Waals surface area contributed by atoms with E-state index in [1.54, 1.807) is 14.2 Å².